The number of rotatable bonds is 12. The van der Waals surface area contributed by atoms with Gasteiger partial charge in [-0.1, -0.05) is 11.6 Å². The van der Waals surface area contributed by atoms with E-state index in [1.165, 1.54) is 11.3 Å². The predicted molar refractivity (Wildman–Crippen MR) is 214 cm³/mol. The number of carbonyl (C=O) groups is 2. The highest BCUT2D eigenvalue weighted by Gasteiger charge is 2.31. The number of benzene rings is 2. The first kappa shape index (κ1) is 37.0. The van der Waals surface area contributed by atoms with E-state index in [1.807, 2.05) is 48.0 Å². The molecular weight excluding hydrogens is 722 g/mol. The van der Waals surface area contributed by atoms with Crippen LogP contribution in [0, 0.1) is 0 Å². The molecule has 3 aromatic heterocycles. The highest BCUT2D eigenvalue weighted by Crippen LogP contribution is 2.33. The lowest BCUT2D eigenvalue weighted by Gasteiger charge is -2.33. The number of anilines is 5. The largest absolute Gasteiger partial charge is 0.390 e. The first-order chi connectivity index (χ1) is 26.4. The van der Waals surface area contributed by atoms with Crippen molar-refractivity contribution in [3.63, 3.8) is 0 Å². The van der Waals surface area contributed by atoms with Crippen LogP contribution in [-0.4, -0.2) is 95.1 Å². The van der Waals surface area contributed by atoms with E-state index in [1.54, 1.807) is 29.3 Å². The van der Waals surface area contributed by atoms with Gasteiger partial charge < -0.3 is 25.5 Å². The summed E-state index contributed by atoms with van der Waals surface area (Å²) in [5, 5.41) is 23.2. The third-order valence-electron chi connectivity index (χ3n) is 11.0. The molecule has 0 spiro atoms. The van der Waals surface area contributed by atoms with Crippen LogP contribution in [0.1, 0.15) is 58.8 Å². The summed E-state index contributed by atoms with van der Waals surface area (Å²) in [6.45, 7) is 8.95. The van der Waals surface area contributed by atoms with Crippen LogP contribution in [0.15, 0.2) is 47.4 Å². The number of aliphatic hydroxyl groups is 1. The quantitative estimate of drug-likeness (QED) is 0.149. The van der Waals surface area contributed by atoms with Gasteiger partial charge >= 0.3 is 5.69 Å². The van der Waals surface area contributed by atoms with E-state index in [2.05, 4.69) is 30.5 Å². The fourth-order valence-electron chi connectivity index (χ4n) is 7.74. The summed E-state index contributed by atoms with van der Waals surface area (Å²) in [7, 11) is 1.83. The summed E-state index contributed by atoms with van der Waals surface area (Å²) in [6.07, 6.45) is 6.24. The van der Waals surface area contributed by atoms with Crippen molar-refractivity contribution in [3.8, 4) is 0 Å². The van der Waals surface area contributed by atoms with Crippen LogP contribution in [-0.2, 0) is 29.7 Å². The molecule has 2 amide bonds. The summed E-state index contributed by atoms with van der Waals surface area (Å²) < 4.78 is 5.31. The predicted octanol–water partition coefficient (Wildman–Crippen LogP) is 4.87. The van der Waals surface area contributed by atoms with Gasteiger partial charge in [0.25, 0.3) is 0 Å². The molecule has 6 heterocycles. The van der Waals surface area contributed by atoms with E-state index in [-0.39, 0.29) is 23.5 Å². The molecule has 3 N–H and O–H groups in total. The molecule has 15 nitrogen and oxygen atoms in total. The first-order valence-corrected chi connectivity index (χ1v) is 19.6. The topological polar surface area (TPSA) is 159 Å². The number of carbonyl (C=O) groups excluding carboxylic acids is 2. The SMILES string of the molecule is Cn1nc(N2C(=O)CCCC2=O)c2ccc(NC3CCN(c4ncc(Cl)c(Nc5ccc6c(c5)n(CCC(C)(C)O)c(=O)n6CCN5CCC5)n4)CC3)cc21. The van der Waals surface area contributed by atoms with Gasteiger partial charge in [-0.05, 0) is 95.4 Å². The number of imide groups is 1. The minimum atomic E-state index is -0.908. The number of hydrogen-bond donors (Lipinski definition) is 3. The normalized spacial score (nSPS) is 17.4. The molecule has 5 aromatic rings. The van der Waals surface area contributed by atoms with E-state index < -0.39 is 5.60 Å². The number of amides is 2. The number of nitrogens with zero attached hydrogens (tertiary/aromatic N) is 9. The van der Waals surface area contributed by atoms with Crippen LogP contribution < -0.4 is 26.1 Å². The van der Waals surface area contributed by atoms with Gasteiger partial charge in [0.05, 0.1) is 28.3 Å². The second-order valence-electron chi connectivity index (χ2n) is 15.6. The van der Waals surface area contributed by atoms with E-state index >= 15 is 0 Å². The Bertz CT molecular complexity index is 2300. The number of halogens is 1. The molecular formula is C39H48ClN11O4. The molecule has 0 unspecified atom stereocenters. The van der Waals surface area contributed by atoms with Crippen LogP contribution in [0.25, 0.3) is 21.9 Å². The van der Waals surface area contributed by atoms with Crippen LogP contribution in [0.5, 0.6) is 0 Å². The maximum absolute atomic E-state index is 13.7. The fourth-order valence-corrected chi connectivity index (χ4v) is 7.88. The van der Waals surface area contributed by atoms with Crippen molar-refractivity contribution >= 4 is 74.3 Å². The molecule has 3 saturated heterocycles. The average molecular weight is 770 g/mol. The minimum Gasteiger partial charge on any atom is -0.390 e. The summed E-state index contributed by atoms with van der Waals surface area (Å²) in [4.78, 5) is 54.0. The number of hydrogen-bond acceptors (Lipinski definition) is 11. The Kier molecular flexibility index (Phi) is 10.0. The summed E-state index contributed by atoms with van der Waals surface area (Å²) in [5.41, 5.74) is 3.19. The van der Waals surface area contributed by atoms with Gasteiger partial charge in [-0.3, -0.25) is 23.4 Å². The van der Waals surface area contributed by atoms with Crippen LogP contribution in [0.3, 0.4) is 0 Å². The maximum atomic E-state index is 13.7. The molecule has 8 rings (SSSR count). The van der Waals surface area contributed by atoms with E-state index in [4.69, 9.17) is 16.6 Å². The van der Waals surface area contributed by atoms with Gasteiger partial charge in [0.2, 0.25) is 17.8 Å². The lowest BCUT2D eigenvalue weighted by molar-refractivity contribution is -0.129. The molecule has 0 radical (unpaired) electrons. The number of fused-ring (bicyclic) bond motifs is 2. The zero-order valence-corrected chi connectivity index (χ0v) is 32.3. The van der Waals surface area contributed by atoms with Gasteiger partial charge in [-0.15, -0.1) is 0 Å². The number of aryl methyl sites for hydroxylation is 2. The second kappa shape index (κ2) is 14.9. The zero-order chi connectivity index (χ0) is 38.4. The van der Waals surface area contributed by atoms with Gasteiger partial charge in [-0.2, -0.15) is 10.1 Å². The molecule has 0 saturated carbocycles. The maximum Gasteiger partial charge on any atom is 0.329 e. The lowest BCUT2D eigenvalue weighted by atomic mass is 10.0. The summed E-state index contributed by atoms with van der Waals surface area (Å²) in [6, 6.07) is 12.0. The van der Waals surface area contributed by atoms with E-state index in [0.29, 0.717) is 61.4 Å². The highest BCUT2D eigenvalue weighted by molar-refractivity contribution is 6.33. The van der Waals surface area contributed by atoms with Gasteiger partial charge in [0.1, 0.15) is 5.02 Å². The van der Waals surface area contributed by atoms with E-state index in [9.17, 15) is 19.5 Å². The smallest absolute Gasteiger partial charge is 0.329 e. The molecule has 16 heteroatoms. The molecule has 0 aliphatic carbocycles. The first-order valence-electron chi connectivity index (χ1n) is 19.2. The lowest BCUT2D eigenvalue weighted by Crippen LogP contribution is -2.40. The van der Waals surface area contributed by atoms with Gasteiger partial charge in [0, 0.05) is 75.4 Å². The molecule has 3 aliphatic rings. The summed E-state index contributed by atoms with van der Waals surface area (Å²) >= 11 is 6.63. The minimum absolute atomic E-state index is 0.0768. The van der Waals surface area contributed by atoms with Crippen molar-refractivity contribution in [2.24, 2.45) is 7.05 Å². The summed E-state index contributed by atoms with van der Waals surface area (Å²) in [5.74, 6) is 1.05. The Hall–Kier alpha value is -4.99. The van der Waals surface area contributed by atoms with Crippen molar-refractivity contribution in [2.45, 2.75) is 83.5 Å². The average Bonchev–Trinajstić information content (AvgIpc) is 3.59. The van der Waals surface area contributed by atoms with Gasteiger partial charge in [0.15, 0.2) is 11.6 Å². The van der Waals surface area contributed by atoms with Gasteiger partial charge in [-0.25, -0.2) is 14.7 Å². The third-order valence-corrected chi connectivity index (χ3v) is 11.3. The number of nitrogens with one attached hydrogen (secondary N) is 2. The van der Waals surface area contributed by atoms with Crippen molar-refractivity contribution in [2.75, 3.05) is 53.2 Å². The zero-order valence-electron chi connectivity index (χ0n) is 31.6. The Morgan fingerprint density at radius 2 is 1.58 bits per heavy atom. The Labute approximate surface area is 323 Å². The van der Waals surface area contributed by atoms with Crippen LogP contribution in [0.4, 0.5) is 29.0 Å². The molecule has 3 aliphatic heterocycles. The van der Waals surface area contributed by atoms with Crippen molar-refractivity contribution in [1.29, 1.82) is 0 Å². The number of piperidine rings is 2. The van der Waals surface area contributed by atoms with E-state index in [0.717, 1.165) is 78.9 Å². The Balaban J connectivity index is 0.946. The third kappa shape index (κ3) is 7.65. The Morgan fingerprint density at radius 3 is 2.29 bits per heavy atom. The fraction of sp³-hybridized carbons (Fsp3) is 0.487. The molecule has 3 fully saturated rings. The number of imidazole rings is 1. The molecule has 290 valence electrons. The van der Waals surface area contributed by atoms with Crippen molar-refractivity contribution < 1.29 is 14.7 Å². The Morgan fingerprint density at radius 1 is 0.873 bits per heavy atom. The van der Waals surface area contributed by atoms with Crippen molar-refractivity contribution in [3.05, 3.63) is 58.1 Å². The van der Waals surface area contributed by atoms with Crippen LogP contribution in [0.2, 0.25) is 5.02 Å². The monoisotopic (exact) mass is 769 g/mol. The second-order valence-corrected chi connectivity index (χ2v) is 16.0. The molecule has 0 bridgehead atoms. The van der Waals surface area contributed by atoms with Crippen molar-refractivity contribution in [1.82, 2.24) is 33.8 Å². The number of aromatic nitrogens is 6. The highest BCUT2D eigenvalue weighted by atomic mass is 35.5. The number of likely N-dealkylation sites (tertiary alicyclic amines) is 1. The molecule has 0 atom stereocenters. The molecule has 55 heavy (non-hydrogen) atoms. The molecule has 2 aromatic carbocycles. The standard InChI is InChI=1S/C39H48ClN11O4/c1-39(2,55)14-19-49-32-23-27(9-11-30(32)50(38(49)54)21-20-47-15-5-16-47)43-35-29(40)24-41-37(44-35)48-17-12-25(13-18-48)42-26-8-10-28-31(22-26)46(3)45-36(28)51-33(52)6-4-7-34(51)53/h8-11,22-25,42,55H,4-7,12-21H2,1-3H3,(H,41,43,44). The van der Waals surface area contributed by atoms with Crippen LogP contribution >= 0.6 is 11.6 Å².